The number of hydrogen-bond donors (Lipinski definition) is 3. The summed E-state index contributed by atoms with van der Waals surface area (Å²) < 4.78 is 0. The second-order valence-corrected chi connectivity index (χ2v) is 5.63. The van der Waals surface area contributed by atoms with E-state index in [9.17, 15) is 9.59 Å². The minimum absolute atomic E-state index is 0.403. The number of thiazole rings is 1. The van der Waals surface area contributed by atoms with Crippen molar-refractivity contribution in [1.29, 1.82) is 0 Å². The van der Waals surface area contributed by atoms with Gasteiger partial charge in [0.15, 0.2) is 0 Å². The van der Waals surface area contributed by atoms with Gasteiger partial charge >= 0.3 is 12.0 Å². The van der Waals surface area contributed by atoms with Crippen LogP contribution in [0.1, 0.15) is 38.6 Å². The number of carboxylic acids is 1. The number of rotatable bonds is 6. The number of carboxylic acid groups (broad SMARTS) is 1. The van der Waals surface area contributed by atoms with Crippen molar-refractivity contribution >= 4 is 23.3 Å². The van der Waals surface area contributed by atoms with Crippen molar-refractivity contribution in [2.24, 2.45) is 0 Å². The highest BCUT2D eigenvalue weighted by Crippen LogP contribution is 2.21. The first-order valence-corrected chi connectivity index (χ1v) is 6.96. The van der Waals surface area contributed by atoms with Gasteiger partial charge in [-0.15, -0.1) is 11.3 Å². The standard InChI is InChI=1S/C12H19N3O3S/c1-4-5-8(9(16)17)14-11(18)15-12(2,3)10-13-6-7-19-10/h6-8H,4-5H2,1-3H3,(H,16,17)(H2,14,15,18)/t8-/m0/s1. The Morgan fingerprint density at radius 3 is 2.68 bits per heavy atom. The first-order valence-electron chi connectivity index (χ1n) is 6.08. The van der Waals surface area contributed by atoms with Crippen molar-refractivity contribution in [3.05, 3.63) is 16.6 Å². The van der Waals surface area contributed by atoms with E-state index < -0.39 is 23.6 Å². The average molecular weight is 285 g/mol. The molecular weight excluding hydrogens is 266 g/mol. The second kappa shape index (κ2) is 6.51. The summed E-state index contributed by atoms with van der Waals surface area (Å²) in [5.74, 6) is -1.02. The molecule has 2 amide bonds. The van der Waals surface area contributed by atoms with Crippen molar-refractivity contribution < 1.29 is 14.7 Å². The third kappa shape index (κ3) is 4.51. The molecule has 1 aromatic rings. The maximum Gasteiger partial charge on any atom is 0.326 e. The number of nitrogens with one attached hydrogen (secondary N) is 2. The predicted molar refractivity (Wildman–Crippen MR) is 73.1 cm³/mol. The van der Waals surface area contributed by atoms with Gasteiger partial charge in [-0.05, 0) is 20.3 Å². The molecule has 106 valence electrons. The topological polar surface area (TPSA) is 91.3 Å². The molecule has 3 N–H and O–H groups in total. The largest absolute Gasteiger partial charge is 0.480 e. The molecule has 6 nitrogen and oxygen atoms in total. The summed E-state index contributed by atoms with van der Waals surface area (Å²) in [5.41, 5.74) is -0.631. The quantitative estimate of drug-likeness (QED) is 0.744. The van der Waals surface area contributed by atoms with Crippen LogP contribution in [0, 0.1) is 0 Å². The van der Waals surface area contributed by atoms with Crippen LogP contribution in [-0.4, -0.2) is 28.1 Å². The van der Waals surface area contributed by atoms with E-state index in [0.717, 1.165) is 5.01 Å². The summed E-state index contributed by atoms with van der Waals surface area (Å²) in [7, 11) is 0. The predicted octanol–water partition coefficient (Wildman–Crippen LogP) is 1.93. The normalized spacial score (nSPS) is 12.8. The highest BCUT2D eigenvalue weighted by molar-refractivity contribution is 7.09. The first-order chi connectivity index (χ1) is 8.86. The van der Waals surface area contributed by atoms with Crippen LogP contribution in [0.2, 0.25) is 0 Å². The molecule has 1 atom stereocenters. The zero-order valence-corrected chi connectivity index (χ0v) is 12.1. The van der Waals surface area contributed by atoms with E-state index in [1.807, 2.05) is 26.2 Å². The lowest BCUT2D eigenvalue weighted by atomic mass is 10.1. The molecule has 1 heterocycles. The monoisotopic (exact) mass is 285 g/mol. The Morgan fingerprint density at radius 1 is 1.53 bits per heavy atom. The number of nitrogens with zero attached hydrogens (tertiary/aromatic N) is 1. The summed E-state index contributed by atoms with van der Waals surface area (Å²) in [4.78, 5) is 27.0. The maximum absolute atomic E-state index is 11.8. The van der Waals surface area contributed by atoms with Crippen LogP contribution >= 0.6 is 11.3 Å². The average Bonchev–Trinajstić information content (AvgIpc) is 2.81. The number of carbonyl (C=O) groups excluding carboxylic acids is 1. The summed E-state index contributed by atoms with van der Waals surface area (Å²) in [6.45, 7) is 5.51. The molecular formula is C12H19N3O3S. The van der Waals surface area contributed by atoms with Gasteiger partial charge in [-0.3, -0.25) is 0 Å². The maximum atomic E-state index is 11.8. The van der Waals surface area contributed by atoms with Crippen molar-refractivity contribution in [3.8, 4) is 0 Å². The van der Waals surface area contributed by atoms with Crippen LogP contribution in [0.4, 0.5) is 4.79 Å². The number of urea groups is 1. The van der Waals surface area contributed by atoms with Gasteiger partial charge in [0.1, 0.15) is 11.0 Å². The molecule has 0 fully saturated rings. The van der Waals surface area contributed by atoms with Crippen LogP contribution in [0.5, 0.6) is 0 Å². The van der Waals surface area contributed by atoms with Crippen LogP contribution in [0.3, 0.4) is 0 Å². The molecule has 0 radical (unpaired) electrons. The summed E-state index contributed by atoms with van der Waals surface area (Å²) in [6.07, 6.45) is 2.76. The highest BCUT2D eigenvalue weighted by Gasteiger charge is 2.27. The Hall–Kier alpha value is -1.63. The van der Waals surface area contributed by atoms with Crippen molar-refractivity contribution in [1.82, 2.24) is 15.6 Å². The number of aromatic nitrogens is 1. The summed E-state index contributed by atoms with van der Waals surface area (Å²) in [6, 6.07) is -1.36. The third-order valence-electron chi connectivity index (χ3n) is 2.57. The summed E-state index contributed by atoms with van der Waals surface area (Å²) in [5, 5.41) is 16.8. The fourth-order valence-corrected chi connectivity index (χ4v) is 2.33. The van der Waals surface area contributed by atoms with Crippen LogP contribution < -0.4 is 10.6 Å². The molecule has 0 spiro atoms. The zero-order valence-electron chi connectivity index (χ0n) is 11.3. The van der Waals surface area contributed by atoms with Crippen molar-refractivity contribution in [2.75, 3.05) is 0 Å². The Labute approximate surface area is 116 Å². The van der Waals surface area contributed by atoms with Crippen molar-refractivity contribution in [2.45, 2.75) is 45.2 Å². The van der Waals surface area contributed by atoms with Crippen LogP contribution in [-0.2, 0) is 10.3 Å². The minimum atomic E-state index is -1.02. The molecule has 0 saturated heterocycles. The van der Waals surface area contributed by atoms with Gasteiger partial charge in [0, 0.05) is 11.6 Å². The molecule has 1 aromatic heterocycles. The molecule has 1 rings (SSSR count). The second-order valence-electron chi connectivity index (χ2n) is 4.74. The van der Waals surface area contributed by atoms with Crippen LogP contribution in [0.25, 0.3) is 0 Å². The van der Waals surface area contributed by atoms with Gasteiger partial charge in [-0.2, -0.15) is 0 Å². The van der Waals surface area contributed by atoms with Gasteiger partial charge in [0.25, 0.3) is 0 Å². The van der Waals surface area contributed by atoms with Gasteiger partial charge in [-0.1, -0.05) is 13.3 Å². The fraction of sp³-hybridized carbons (Fsp3) is 0.583. The van der Waals surface area contributed by atoms with Gasteiger partial charge in [0.05, 0.1) is 5.54 Å². The molecule has 19 heavy (non-hydrogen) atoms. The van der Waals surface area contributed by atoms with Crippen molar-refractivity contribution in [3.63, 3.8) is 0 Å². The number of hydrogen-bond acceptors (Lipinski definition) is 4. The Bertz CT molecular complexity index is 431. The van der Waals surface area contributed by atoms with E-state index in [0.29, 0.717) is 12.8 Å². The number of aliphatic carboxylic acids is 1. The Kier molecular flexibility index (Phi) is 5.29. The van der Waals surface area contributed by atoms with E-state index in [1.54, 1.807) is 6.20 Å². The van der Waals surface area contributed by atoms with Gasteiger partial charge in [0.2, 0.25) is 0 Å². The summed E-state index contributed by atoms with van der Waals surface area (Å²) >= 11 is 1.44. The molecule has 0 bridgehead atoms. The van der Waals surface area contributed by atoms with E-state index in [2.05, 4.69) is 15.6 Å². The van der Waals surface area contributed by atoms with E-state index in [1.165, 1.54) is 11.3 Å². The molecule has 0 aromatic carbocycles. The Morgan fingerprint density at radius 2 is 2.21 bits per heavy atom. The minimum Gasteiger partial charge on any atom is -0.480 e. The van der Waals surface area contributed by atoms with E-state index >= 15 is 0 Å². The van der Waals surface area contributed by atoms with Crippen LogP contribution in [0.15, 0.2) is 11.6 Å². The lowest BCUT2D eigenvalue weighted by Gasteiger charge is -2.25. The first kappa shape index (κ1) is 15.4. The molecule has 0 unspecified atom stereocenters. The lowest BCUT2D eigenvalue weighted by molar-refractivity contribution is -0.139. The number of carbonyl (C=O) groups is 2. The fourth-order valence-electron chi connectivity index (χ4n) is 1.61. The molecule has 0 aliphatic heterocycles. The smallest absolute Gasteiger partial charge is 0.326 e. The van der Waals surface area contributed by atoms with Gasteiger partial charge in [-0.25, -0.2) is 14.6 Å². The molecule has 0 aliphatic carbocycles. The molecule has 0 saturated carbocycles. The van der Waals surface area contributed by atoms with E-state index in [4.69, 9.17) is 5.11 Å². The zero-order chi connectivity index (χ0) is 14.5. The number of amides is 2. The Balaban J connectivity index is 2.61. The third-order valence-corrected chi connectivity index (χ3v) is 3.67. The lowest BCUT2D eigenvalue weighted by Crippen LogP contribution is -2.51. The SMILES string of the molecule is CCC[C@H](NC(=O)NC(C)(C)c1nccs1)C(=O)O. The van der Waals surface area contributed by atoms with E-state index in [-0.39, 0.29) is 0 Å². The highest BCUT2D eigenvalue weighted by atomic mass is 32.1. The van der Waals surface area contributed by atoms with Gasteiger partial charge < -0.3 is 15.7 Å². The molecule has 7 heteroatoms. The molecule has 0 aliphatic rings.